The van der Waals surface area contributed by atoms with E-state index in [1.807, 2.05) is 24.3 Å². The van der Waals surface area contributed by atoms with Gasteiger partial charge in [0, 0.05) is 5.69 Å². The summed E-state index contributed by atoms with van der Waals surface area (Å²) >= 11 is 0. The van der Waals surface area contributed by atoms with E-state index in [1.165, 1.54) is 16.8 Å². The second-order valence-electron chi connectivity index (χ2n) is 4.25. The Kier molecular flexibility index (Phi) is 3.46. The van der Waals surface area contributed by atoms with Crippen molar-refractivity contribution in [3.63, 3.8) is 0 Å². The quantitative estimate of drug-likeness (QED) is 0.798. The molecule has 7 heteroatoms. The molecule has 0 bridgehead atoms. The number of nitrogens with one attached hydrogen (secondary N) is 1. The zero-order valence-corrected chi connectivity index (χ0v) is 11.2. The molecule has 1 aromatic heterocycles. The van der Waals surface area contributed by atoms with E-state index in [-0.39, 0.29) is 5.82 Å². The number of nitrogens with zero attached hydrogens (tertiary/aromatic N) is 4. The van der Waals surface area contributed by atoms with E-state index >= 15 is 0 Å². The number of hydrogen-bond donors (Lipinski definition) is 1. The highest BCUT2D eigenvalue weighted by atomic mass is 19.1. The lowest BCUT2D eigenvalue weighted by Gasteiger charge is -2.07. The molecule has 0 radical (unpaired) electrons. The van der Waals surface area contributed by atoms with Crippen LogP contribution in [0, 0.1) is 5.82 Å². The maximum Gasteiger partial charge on any atom is 0.252 e. The summed E-state index contributed by atoms with van der Waals surface area (Å²) in [6.45, 7) is 0. The minimum Gasteiger partial charge on any atom is -0.497 e. The van der Waals surface area contributed by atoms with Crippen LogP contribution in [0.3, 0.4) is 0 Å². The molecule has 0 aliphatic heterocycles. The Hall–Kier alpha value is -2.96. The number of tetrazole rings is 1. The van der Waals surface area contributed by atoms with E-state index in [1.54, 1.807) is 19.2 Å². The van der Waals surface area contributed by atoms with E-state index < -0.39 is 0 Å². The molecular formula is C14H12FN5O. The predicted molar refractivity (Wildman–Crippen MR) is 75.4 cm³/mol. The van der Waals surface area contributed by atoms with Gasteiger partial charge in [0.15, 0.2) is 0 Å². The Morgan fingerprint density at radius 3 is 2.67 bits per heavy atom. The Morgan fingerprint density at radius 1 is 1.14 bits per heavy atom. The molecule has 2 aromatic carbocycles. The van der Waals surface area contributed by atoms with Gasteiger partial charge in [0.05, 0.1) is 12.8 Å². The molecule has 0 aliphatic rings. The van der Waals surface area contributed by atoms with Crippen LogP contribution in [0.5, 0.6) is 5.75 Å². The van der Waals surface area contributed by atoms with Crippen LogP contribution in [0.1, 0.15) is 0 Å². The molecule has 1 heterocycles. The first kappa shape index (κ1) is 13.0. The van der Waals surface area contributed by atoms with E-state index in [4.69, 9.17) is 4.74 Å². The normalized spacial score (nSPS) is 10.4. The van der Waals surface area contributed by atoms with Crippen LogP contribution in [0.4, 0.5) is 16.0 Å². The lowest BCUT2D eigenvalue weighted by Crippen LogP contribution is -2.03. The van der Waals surface area contributed by atoms with Crippen molar-refractivity contribution in [1.82, 2.24) is 20.2 Å². The van der Waals surface area contributed by atoms with E-state index in [9.17, 15) is 4.39 Å². The summed E-state index contributed by atoms with van der Waals surface area (Å²) < 4.78 is 19.8. The van der Waals surface area contributed by atoms with Crippen LogP contribution in [0.2, 0.25) is 0 Å². The number of hydrogen-bond acceptors (Lipinski definition) is 5. The van der Waals surface area contributed by atoms with Crippen LogP contribution < -0.4 is 10.1 Å². The third-order valence-corrected chi connectivity index (χ3v) is 2.87. The largest absolute Gasteiger partial charge is 0.497 e. The van der Waals surface area contributed by atoms with Gasteiger partial charge in [-0.3, -0.25) is 0 Å². The van der Waals surface area contributed by atoms with Crippen LogP contribution in [-0.4, -0.2) is 27.3 Å². The fraction of sp³-hybridized carbons (Fsp3) is 0.0714. The summed E-state index contributed by atoms with van der Waals surface area (Å²) in [4.78, 5) is 0. The second kappa shape index (κ2) is 5.58. The molecule has 21 heavy (non-hydrogen) atoms. The van der Waals surface area contributed by atoms with Gasteiger partial charge in [0.25, 0.3) is 5.95 Å². The van der Waals surface area contributed by atoms with Crippen LogP contribution in [0.25, 0.3) is 5.69 Å². The summed E-state index contributed by atoms with van der Waals surface area (Å²) in [6, 6.07) is 13.4. The molecule has 6 nitrogen and oxygen atoms in total. The molecule has 106 valence electrons. The maximum absolute atomic E-state index is 13.2. The fourth-order valence-corrected chi connectivity index (χ4v) is 1.86. The Balaban J connectivity index is 1.89. The molecule has 0 saturated heterocycles. The van der Waals surface area contributed by atoms with Crippen molar-refractivity contribution in [3.8, 4) is 11.4 Å². The molecular weight excluding hydrogens is 273 g/mol. The van der Waals surface area contributed by atoms with Gasteiger partial charge >= 0.3 is 0 Å². The van der Waals surface area contributed by atoms with Crippen molar-refractivity contribution < 1.29 is 9.13 Å². The van der Waals surface area contributed by atoms with Crippen LogP contribution >= 0.6 is 0 Å². The van der Waals surface area contributed by atoms with Gasteiger partial charge < -0.3 is 10.1 Å². The van der Waals surface area contributed by atoms with Gasteiger partial charge in [-0.1, -0.05) is 11.2 Å². The van der Waals surface area contributed by atoms with Gasteiger partial charge in [0.2, 0.25) is 0 Å². The average Bonchev–Trinajstić information content (AvgIpc) is 2.95. The van der Waals surface area contributed by atoms with Crippen molar-refractivity contribution >= 4 is 11.6 Å². The van der Waals surface area contributed by atoms with Crippen molar-refractivity contribution in [2.45, 2.75) is 0 Å². The lowest BCUT2D eigenvalue weighted by atomic mass is 10.3. The summed E-state index contributed by atoms with van der Waals surface area (Å²) in [5.41, 5.74) is 1.33. The monoisotopic (exact) mass is 285 g/mol. The lowest BCUT2D eigenvalue weighted by molar-refractivity contribution is 0.414. The number of rotatable bonds is 4. The van der Waals surface area contributed by atoms with E-state index in [0.717, 1.165) is 11.4 Å². The molecule has 0 aliphatic carbocycles. The fourth-order valence-electron chi connectivity index (χ4n) is 1.86. The third-order valence-electron chi connectivity index (χ3n) is 2.87. The second-order valence-corrected chi connectivity index (χ2v) is 4.25. The summed E-state index contributed by atoms with van der Waals surface area (Å²) in [6.07, 6.45) is 0. The minimum atomic E-state index is -0.330. The number of methoxy groups -OCH3 is 1. The van der Waals surface area contributed by atoms with E-state index in [2.05, 4.69) is 20.8 Å². The molecule has 3 aromatic rings. The zero-order valence-electron chi connectivity index (χ0n) is 11.2. The number of halogens is 1. The molecule has 0 saturated carbocycles. The SMILES string of the molecule is COc1ccc(-n2nnnc2Nc2cccc(F)c2)cc1. The predicted octanol–water partition coefficient (Wildman–Crippen LogP) is 2.55. The smallest absolute Gasteiger partial charge is 0.252 e. The third kappa shape index (κ3) is 2.81. The molecule has 1 N–H and O–H groups in total. The van der Waals surface area contributed by atoms with Crippen LogP contribution in [0.15, 0.2) is 48.5 Å². The van der Waals surface area contributed by atoms with Crippen molar-refractivity contribution in [2.24, 2.45) is 0 Å². The first-order valence-electron chi connectivity index (χ1n) is 6.21. The summed E-state index contributed by atoms with van der Waals surface area (Å²) in [7, 11) is 1.60. The average molecular weight is 285 g/mol. The standard InChI is InChI=1S/C14H12FN5O/c1-21-13-7-5-12(6-8-13)20-14(17-18-19-20)16-11-4-2-3-10(15)9-11/h2-9H,1H3,(H,16,17,19). The molecule has 0 unspecified atom stereocenters. The number of anilines is 2. The Morgan fingerprint density at radius 2 is 1.95 bits per heavy atom. The highest BCUT2D eigenvalue weighted by Gasteiger charge is 2.08. The minimum absolute atomic E-state index is 0.330. The Labute approximate surface area is 120 Å². The number of aromatic nitrogens is 4. The zero-order chi connectivity index (χ0) is 14.7. The molecule has 0 spiro atoms. The first-order chi connectivity index (χ1) is 10.3. The summed E-state index contributed by atoms with van der Waals surface area (Å²) in [5.74, 6) is 0.806. The molecule has 0 atom stereocenters. The first-order valence-corrected chi connectivity index (χ1v) is 6.21. The van der Waals surface area contributed by atoms with Crippen molar-refractivity contribution in [2.75, 3.05) is 12.4 Å². The van der Waals surface area contributed by atoms with E-state index in [0.29, 0.717) is 11.6 Å². The van der Waals surface area contributed by atoms with Gasteiger partial charge in [-0.15, -0.1) is 0 Å². The molecule has 0 amide bonds. The maximum atomic E-state index is 13.2. The Bertz CT molecular complexity index is 741. The molecule has 0 fully saturated rings. The van der Waals surface area contributed by atoms with Gasteiger partial charge in [-0.05, 0) is 52.9 Å². The van der Waals surface area contributed by atoms with Gasteiger partial charge in [-0.2, -0.15) is 4.68 Å². The van der Waals surface area contributed by atoms with Gasteiger partial charge in [0.1, 0.15) is 11.6 Å². The number of benzene rings is 2. The topological polar surface area (TPSA) is 64.9 Å². The summed E-state index contributed by atoms with van der Waals surface area (Å²) in [5, 5.41) is 14.4. The van der Waals surface area contributed by atoms with Gasteiger partial charge in [-0.25, -0.2) is 4.39 Å². The molecule has 3 rings (SSSR count). The number of ether oxygens (including phenoxy) is 1. The van der Waals surface area contributed by atoms with Crippen molar-refractivity contribution in [3.05, 3.63) is 54.3 Å². The van der Waals surface area contributed by atoms with Crippen LogP contribution in [-0.2, 0) is 0 Å². The highest BCUT2D eigenvalue weighted by molar-refractivity contribution is 5.55. The highest BCUT2D eigenvalue weighted by Crippen LogP contribution is 2.19. The van der Waals surface area contributed by atoms with Crippen molar-refractivity contribution in [1.29, 1.82) is 0 Å².